The summed E-state index contributed by atoms with van der Waals surface area (Å²) in [5, 5.41) is 0. The standard InChI is InChI=1S/C15H16N2O/c1-9-7-16-15(17-8-9)14(18)13-6-11(3)10(2)5-12(13)4/h5-8H,1-4H3. The minimum atomic E-state index is -0.115. The zero-order valence-electron chi connectivity index (χ0n) is 11.1. The first-order valence-corrected chi connectivity index (χ1v) is 5.90. The third-order valence-corrected chi connectivity index (χ3v) is 3.07. The van der Waals surface area contributed by atoms with Crippen molar-refractivity contribution in [2.75, 3.05) is 0 Å². The van der Waals surface area contributed by atoms with Gasteiger partial charge in [-0.1, -0.05) is 6.07 Å². The maximum absolute atomic E-state index is 12.3. The Morgan fingerprint density at radius 2 is 1.44 bits per heavy atom. The van der Waals surface area contributed by atoms with Gasteiger partial charge in [-0.2, -0.15) is 0 Å². The van der Waals surface area contributed by atoms with Gasteiger partial charge in [0.25, 0.3) is 0 Å². The first-order chi connectivity index (χ1) is 8.49. The summed E-state index contributed by atoms with van der Waals surface area (Å²) in [4.78, 5) is 20.5. The Bertz CT molecular complexity index is 601. The average Bonchev–Trinajstić information content (AvgIpc) is 2.34. The van der Waals surface area contributed by atoms with E-state index in [0.717, 1.165) is 16.7 Å². The molecule has 0 aliphatic carbocycles. The van der Waals surface area contributed by atoms with Crippen LogP contribution in [0.4, 0.5) is 0 Å². The topological polar surface area (TPSA) is 42.9 Å². The number of aryl methyl sites for hydroxylation is 4. The Morgan fingerprint density at radius 3 is 2.06 bits per heavy atom. The third-order valence-electron chi connectivity index (χ3n) is 3.07. The zero-order valence-corrected chi connectivity index (χ0v) is 11.1. The molecule has 0 atom stereocenters. The second-order valence-corrected chi connectivity index (χ2v) is 4.66. The van der Waals surface area contributed by atoms with E-state index in [1.54, 1.807) is 12.4 Å². The molecular formula is C15H16N2O. The van der Waals surface area contributed by atoms with Gasteiger partial charge in [0, 0.05) is 18.0 Å². The van der Waals surface area contributed by atoms with E-state index in [2.05, 4.69) is 9.97 Å². The van der Waals surface area contributed by atoms with Crippen LogP contribution in [0, 0.1) is 27.7 Å². The molecule has 3 heteroatoms. The van der Waals surface area contributed by atoms with Gasteiger partial charge in [-0.05, 0) is 56.0 Å². The minimum Gasteiger partial charge on any atom is -0.285 e. The molecule has 0 N–H and O–H groups in total. The summed E-state index contributed by atoms with van der Waals surface area (Å²) < 4.78 is 0. The van der Waals surface area contributed by atoms with Crippen molar-refractivity contribution < 1.29 is 4.79 Å². The van der Waals surface area contributed by atoms with Crippen molar-refractivity contribution in [1.82, 2.24) is 9.97 Å². The fourth-order valence-electron chi connectivity index (χ4n) is 1.84. The van der Waals surface area contributed by atoms with Gasteiger partial charge in [0.2, 0.25) is 11.6 Å². The molecule has 3 nitrogen and oxygen atoms in total. The lowest BCUT2D eigenvalue weighted by Gasteiger charge is -2.08. The quantitative estimate of drug-likeness (QED) is 0.758. The molecule has 0 saturated carbocycles. The molecule has 0 amide bonds. The molecule has 0 unspecified atom stereocenters. The number of carbonyl (C=O) groups excluding carboxylic acids is 1. The summed E-state index contributed by atoms with van der Waals surface area (Å²) in [7, 11) is 0. The van der Waals surface area contributed by atoms with E-state index in [4.69, 9.17) is 0 Å². The molecule has 1 heterocycles. The van der Waals surface area contributed by atoms with Crippen molar-refractivity contribution in [2.24, 2.45) is 0 Å². The van der Waals surface area contributed by atoms with E-state index < -0.39 is 0 Å². The molecule has 0 fully saturated rings. The van der Waals surface area contributed by atoms with Crippen molar-refractivity contribution in [1.29, 1.82) is 0 Å². The number of aromatic nitrogens is 2. The largest absolute Gasteiger partial charge is 0.285 e. The van der Waals surface area contributed by atoms with Gasteiger partial charge in [-0.3, -0.25) is 4.79 Å². The van der Waals surface area contributed by atoms with Crippen molar-refractivity contribution >= 4 is 5.78 Å². The van der Waals surface area contributed by atoms with Crippen molar-refractivity contribution in [3.8, 4) is 0 Å². The van der Waals surface area contributed by atoms with Crippen LogP contribution in [0.5, 0.6) is 0 Å². The van der Waals surface area contributed by atoms with E-state index >= 15 is 0 Å². The molecular weight excluding hydrogens is 224 g/mol. The Kier molecular flexibility index (Phi) is 3.24. The monoisotopic (exact) mass is 240 g/mol. The van der Waals surface area contributed by atoms with Gasteiger partial charge in [-0.25, -0.2) is 9.97 Å². The fraction of sp³-hybridized carbons (Fsp3) is 0.267. The number of carbonyl (C=O) groups is 1. The summed E-state index contributed by atoms with van der Waals surface area (Å²) in [5.41, 5.74) is 4.89. The predicted molar refractivity (Wildman–Crippen MR) is 70.9 cm³/mol. The molecule has 1 aromatic heterocycles. The molecule has 0 aliphatic rings. The van der Waals surface area contributed by atoms with E-state index in [0.29, 0.717) is 5.56 Å². The summed E-state index contributed by atoms with van der Waals surface area (Å²) >= 11 is 0. The van der Waals surface area contributed by atoms with Crippen LogP contribution < -0.4 is 0 Å². The van der Waals surface area contributed by atoms with Crippen LogP contribution in [0.1, 0.15) is 38.4 Å². The molecule has 0 saturated heterocycles. The molecule has 1 aromatic carbocycles. The zero-order chi connectivity index (χ0) is 13.3. The van der Waals surface area contributed by atoms with Crippen LogP contribution in [0.3, 0.4) is 0 Å². The Labute approximate surface area is 107 Å². The molecule has 0 bridgehead atoms. The number of hydrogen-bond donors (Lipinski definition) is 0. The second-order valence-electron chi connectivity index (χ2n) is 4.66. The van der Waals surface area contributed by atoms with Gasteiger partial charge in [-0.15, -0.1) is 0 Å². The molecule has 0 spiro atoms. The highest BCUT2D eigenvalue weighted by molar-refractivity contribution is 6.07. The van der Waals surface area contributed by atoms with Crippen LogP contribution in [0.15, 0.2) is 24.5 Å². The highest BCUT2D eigenvalue weighted by atomic mass is 16.1. The second kappa shape index (κ2) is 4.69. The maximum Gasteiger partial charge on any atom is 0.230 e. The van der Waals surface area contributed by atoms with E-state index in [9.17, 15) is 4.79 Å². The predicted octanol–water partition coefficient (Wildman–Crippen LogP) is 2.94. The smallest absolute Gasteiger partial charge is 0.230 e. The van der Waals surface area contributed by atoms with Crippen LogP contribution in [0.25, 0.3) is 0 Å². The molecule has 2 aromatic rings. The van der Waals surface area contributed by atoms with E-state index in [1.165, 1.54) is 5.56 Å². The summed E-state index contributed by atoms with van der Waals surface area (Å²) in [6.45, 7) is 7.88. The van der Waals surface area contributed by atoms with Crippen LogP contribution in [-0.2, 0) is 0 Å². The van der Waals surface area contributed by atoms with Gasteiger partial charge in [0.15, 0.2) is 0 Å². The van der Waals surface area contributed by atoms with Crippen molar-refractivity contribution in [2.45, 2.75) is 27.7 Å². The van der Waals surface area contributed by atoms with E-state index in [-0.39, 0.29) is 11.6 Å². The van der Waals surface area contributed by atoms with Gasteiger partial charge in [0.05, 0.1) is 0 Å². The highest BCUT2D eigenvalue weighted by Crippen LogP contribution is 2.17. The van der Waals surface area contributed by atoms with Gasteiger partial charge >= 0.3 is 0 Å². The lowest BCUT2D eigenvalue weighted by Crippen LogP contribution is -2.09. The van der Waals surface area contributed by atoms with Gasteiger partial charge < -0.3 is 0 Å². The molecule has 2 rings (SSSR count). The molecule has 92 valence electrons. The maximum atomic E-state index is 12.3. The van der Waals surface area contributed by atoms with Gasteiger partial charge in [0.1, 0.15) is 0 Å². The molecule has 0 radical (unpaired) electrons. The average molecular weight is 240 g/mol. The normalized spacial score (nSPS) is 10.4. The summed E-state index contributed by atoms with van der Waals surface area (Å²) in [5.74, 6) is 0.141. The summed E-state index contributed by atoms with van der Waals surface area (Å²) in [6, 6.07) is 3.94. The molecule has 18 heavy (non-hydrogen) atoms. The van der Waals surface area contributed by atoms with Crippen LogP contribution in [-0.4, -0.2) is 15.8 Å². The number of benzene rings is 1. The Hall–Kier alpha value is -2.03. The SMILES string of the molecule is Cc1cnc(C(=O)c2cc(C)c(C)cc2C)nc1. The Morgan fingerprint density at radius 1 is 0.889 bits per heavy atom. The number of hydrogen-bond acceptors (Lipinski definition) is 3. The minimum absolute atomic E-state index is 0.115. The number of rotatable bonds is 2. The van der Waals surface area contributed by atoms with Crippen molar-refractivity contribution in [3.05, 3.63) is 58.2 Å². The van der Waals surface area contributed by atoms with Crippen LogP contribution in [0.2, 0.25) is 0 Å². The first kappa shape index (κ1) is 12.4. The van der Waals surface area contributed by atoms with Crippen LogP contribution >= 0.6 is 0 Å². The number of ketones is 1. The Balaban J connectivity index is 2.46. The lowest BCUT2D eigenvalue weighted by molar-refractivity contribution is 0.102. The van der Waals surface area contributed by atoms with Crippen molar-refractivity contribution in [3.63, 3.8) is 0 Å². The number of nitrogens with zero attached hydrogens (tertiary/aromatic N) is 2. The third kappa shape index (κ3) is 2.30. The fourth-order valence-corrected chi connectivity index (χ4v) is 1.84. The highest BCUT2D eigenvalue weighted by Gasteiger charge is 2.15. The first-order valence-electron chi connectivity index (χ1n) is 5.90. The van der Waals surface area contributed by atoms with E-state index in [1.807, 2.05) is 39.8 Å². The molecule has 0 aliphatic heterocycles. The summed E-state index contributed by atoms with van der Waals surface area (Å²) in [6.07, 6.45) is 3.33. The lowest BCUT2D eigenvalue weighted by atomic mass is 9.98.